The minimum absolute atomic E-state index is 0.475. The van der Waals surface area contributed by atoms with Crippen LogP contribution in [0.15, 0.2) is 24.3 Å². The molecule has 1 aliphatic rings. The molecule has 0 saturated carbocycles. The number of rotatable bonds is 3. The van der Waals surface area contributed by atoms with Gasteiger partial charge in [-0.05, 0) is 56.0 Å². The zero-order chi connectivity index (χ0) is 15.0. The topological polar surface area (TPSA) is 64.4 Å². The van der Waals surface area contributed by atoms with Crippen LogP contribution in [0.1, 0.15) is 35.7 Å². The molecule has 0 spiro atoms. The highest BCUT2D eigenvalue weighted by atomic mass is 16.5. The number of carbonyl (C=O) groups is 1. The van der Waals surface area contributed by atoms with Gasteiger partial charge in [-0.1, -0.05) is 0 Å². The van der Waals surface area contributed by atoms with Crippen molar-refractivity contribution in [3.05, 3.63) is 41.2 Å². The smallest absolute Gasteiger partial charge is 0.312 e. The van der Waals surface area contributed by atoms with Gasteiger partial charge < -0.3 is 9.84 Å². The van der Waals surface area contributed by atoms with E-state index < -0.39 is 11.9 Å². The number of ether oxygens (including phenoxy) is 1. The average molecular weight is 286 g/mol. The Morgan fingerprint density at radius 3 is 2.71 bits per heavy atom. The summed E-state index contributed by atoms with van der Waals surface area (Å²) < 4.78 is 6.94. The van der Waals surface area contributed by atoms with Crippen LogP contribution in [0, 0.1) is 6.92 Å². The maximum atomic E-state index is 11.5. The molecule has 2 aromatic rings. The Morgan fingerprint density at radius 1 is 1.38 bits per heavy atom. The molecule has 1 N–H and O–H groups in total. The second-order valence-corrected chi connectivity index (χ2v) is 5.34. The SMILES string of the molecule is COc1ccc(-n2nc(C)c3c2C(C(=O)O)CCC3)cc1. The molecule has 0 amide bonds. The molecule has 3 rings (SSSR count). The fraction of sp³-hybridized carbons (Fsp3) is 0.375. The number of hydrogen-bond acceptors (Lipinski definition) is 3. The maximum Gasteiger partial charge on any atom is 0.312 e. The van der Waals surface area contributed by atoms with Crippen LogP contribution < -0.4 is 4.74 Å². The standard InChI is InChI=1S/C16H18N2O3/c1-10-13-4-3-5-14(16(19)20)15(13)18(17-10)11-6-8-12(21-2)9-7-11/h6-9,14H,3-5H2,1-2H3,(H,19,20). The maximum absolute atomic E-state index is 11.5. The molecule has 0 saturated heterocycles. The van der Waals surface area contributed by atoms with Gasteiger partial charge in [-0.3, -0.25) is 4.79 Å². The van der Waals surface area contributed by atoms with E-state index in [1.807, 2.05) is 31.2 Å². The fourth-order valence-electron chi connectivity index (χ4n) is 3.02. The van der Waals surface area contributed by atoms with Crippen LogP contribution in [0.25, 0.3) is 5.69 Å². The fourth-order valence-corrected chi connectivity index (χ4v) is 3.02. The van der Waals surface area contributed by atoms with Crippen LogP contribution in [-0.2, 0) is 11.2 Å². The van der Waals surface area contributed by atoms with E-state index in [1.165, 1.54) is 0 Å². The zero-order valence-corrected chi connectivity index (χ0v) is 12.2. The number of aromatic nitrogens is 2. The molecule has 0 bridgehead atoms. The molecule has 0 fully saturated rings. The predicted molar refractivity (Wildman–Crippen MR) is 78.2 cm³/mol. The van der Waals surface area contributed by atoms with Crippen LogP contribution in [0.3, 0.4) is 0 Å². The van der Waals surface area contributed by atoms with Gasteiger partial charge in [0.05, 0.1) is 30.1 Å². The Balaban J connectivity index is 2.12. The van der Waals surface area contributed by atoms with Crippen molar-refractivity contribution in [1.29, 1.82) is 0 Å². The first-order valence-corrected chi connectivity index (χ1v) is 7.07. The van der Waals surface area contributed by atoms with Crippen molar-refractivity contribution in [2.75, 3.05) is 7.11 Å². The van der Waals surface area contributed by atoms with E-state index in [0.29, 0.717) is 6.42 Å². The number of fused-ring (bicyclic) bond motifs is 1. The summed E-state index contributed by atoms with van der Waals surface area (Å²) in [7, 11) is 1.62. The van der Waals surface area contributed by atoms with Gasteiger partial charge in [-0.15, -0.1) is 0 Å². The number of methoxy groups -OCH3 is 1. The van der Waals surface area contributed by atoms with E-state index >= 15 is 0 Å². The highest BCUT2D eigenvalue weighted by molar-refractivity contribution is 5.77. The van der Waals surface area contributed by atoms with Crippen LogP contribution in [0.4, 0.5) is 0 Å². The molecule has 110 valence electrons. The number of aliphatic carboxylic acids is 1. The lowest BCUT2D eigenvalue weighted by Gasteiger charge is -2.21. The summed E-state index contributed by atoms with van der Waals surface area (Å²) >= 11 is 0. The summed E-state index contributed by atoms with van der Waals surface area (Å²) in [6.45, 7) is 1.95. The summed E-state index contributed by atoms with van der Waals surface area (Å²) in [6, 6.07) is 7.52. The van der Waals surface area contributed by atoms with Gasteiger partial charge in [-0.2, -0.15) is 5.10 Å². The van der Waals surface area contributed by atoms with Crippen molar-refractivity contribution in [1.82, 2.24) is 9.78 Å². The van der Waals surface area contributed by atoms with Crippen LogP contribution in [0.5, 0.6) is 5.75 Å². The quantitative estimate of drug-likeness (QED) is 0.942. The van der Waals surface area contributed by atoms with E-state index in [4.69, 9.17) is 4.74 Å². The second kappa shape index (κ2) is 5.24. The molecule has 1 aliphatic carbocycles. The van der Waals surface area contributed by atoms with Gasteiger partial charge in [0.2, 0.25) is 0 Å². The molecule has 1 unspecified atom stereocenters. The van der Waals surface area contributed by atoms with Crippen molar-refractivity contribution in [2.24, 2.45) is 0 Å². The number of carboxylic acids is 1. The van der Waals surface area contributed by atoms with E-state index in [1.54, 1.807) is 11.8 Å². The molecular formula is C16H18N2O3. The predicted octanol–water partition coefficient (Wildman–Crippen LogP) is 2.69. The first kappa shape index (κ1) is 13.7. The Bertz CT molecular complexity index is 674. The minimum atomic E-state index is -0.773. The third-order valence-electron chi connectivity index (χ3n) is 4.09. The summed E-state index contributed by atoms with van der Waals surface area (Å²) in [4.78, 5) is 11.5. The second-order valence-electron chi connectivity index (χ2n) is 5.34. The van der Waals surface area contributed by atoms with Gasteiger partial charge >= 0.3 is 5.97 Å². The van der Waals surface area contributed by atoms with Crippen LogP contribution >= 0.6 is 0 Å². The molecule has 5 nitrogen and oxygen atoms in total. The molecule has 1 atom stereocenters. The number of aryl methyl sites for hydroxylation is 1. The van der Waals surface area contributed by atoms with Gasteiger partial charge in [0.15, 0.2) is 0 Å². The van der Waals surface area contributed by atoms with Crippen LogP contribution in [-0.4, -0.2) is 28.0 Å². The Hall–Kier alpha value is -2.30. The molecule has 1 aromatic carbocycles. The van der Waals surface area contributed by atoms with Crippen LogP contribution in [0.2, 0.25) is 0 Å². The number of carboxylic acid groups (broad SMARTS) is 1. The number of benzene rings is 1. The van der Waals surface area contributed by atoms with Crippen molar-refractivity contribution in [3.8, 4) is 11.4 Å². The number of nitrogens with zero attached hydrogens (tertiary/aromatic N) is 2. The third kappa shape index (κ3) is 2.28. The third-order valence-corrected chi connectivity index (χ3v) is 4.09. The first-order chi connectivity index (χ1) is 10.1. The monoisotopic (exact) mass is 286 g/mol. The summed E-state index contributed by atoms with van der Waals surface area (Å²) in [5, 5.41) is 14.0. The van der Waals surface area contributed by atoms with E-state index in [0.717, 1.165) is 41.2 Å². The molecule has 1 heterocycles. The van der Waals surface area contributed by atoms with Gasteiger partial charge in [0.1, 0.15) is 5.75 Å². The molecular weight excluding hydrogens is 268 g/mol. The largest absolute Gasteiger partial charge is 0.497 e. The van der Waals surface area contributed by atoms with E-state index in [9.17, 15) is 9.90 Å². The molecule has 0 radical (unpaired) electrons. The van der Waals surface area contributed by atoms with Crippen molar-refractivity contribution in [3.63, 3.8) is 0 Å². The van der Waals surface area contributed by atoms with Gasteiger partial charge in [0, 0.05) is 0 Å². The van der Waals surface area contributed by atoms with Crippen molar-refractivity contribution >= 4 is 5.97 Å². The average Bonchev–Trinajstić information content (AvgIpc) is 2.84. The van der Waals surface area contributed by atoms with Gasteiger partial charge in [-0.25, -0.2) is 4.68 Å². The molecule has 0 aliphatic heterocycles. The molecule has 21 heavy (non-hydrogen) atoms. The lowest BCUT2D eigenvalue weighted by atomic mass is 9.86. The zero-order valence-electron chi connectivity index (χ0n) is 12.2. The molecule has 1 aromatic heterocycles. The molecule has 5 heteroatoms. The normalized spacial score (nSPS) is 17.3. The Morgan fingerprint density at radius 2 is 2.10 bits per heavy atom. The Kier molecular flexibility index (Phi) is 3.41. The number of hydrogen-bond donors (Lipinski definition) is 1. The van der Waals surface area contributed by atoms with Gasteiger partial charge in [0.25, 0.3) is 0 Å². The summed E-state index contributed by atoms with van der Waals surface area (Å²) in [5.41, 5.74) is 3.71. The van der Waals surface area contributed by atoms with E-state index in [-0.39, 0.29) is 0 Å². The highest BCUT2D eigenvalue weighted by Gasteiger charge is 2.32. The van der Waals surface area contributed by atoms with Crippen molar-refractivity contribution < 1.29 is 14.6 Å². The first-order valence-electron chi connectivity index (χ1n) is 7.07. The summed E-state index contributed by atoms with van der Waals surface area (Å²) in [5.74, 6) is -0.478. The highest BCUT2D eigenvalue weighted by Crippen LogP contribution is 2.35. The van der Waals surface area contributed by atoms with Crippen molar-refractivity contribution in [2.45, 2.75) is 32.1 Å². The lowest BCUT2D eigenvalue weighted by molar-refractivity contribution is -0.139. The summed E-state index contributed by atoms with van der Waals surface area (Å²) in [6.07, 6.45) is 2.48. The van der Waals surface area contributed by atoms with E-state index in [2.05, 4.69) is 5.10 Å². The lowest BCUT2D eigenvalue weighted by Crippen LogP contribution is -2.21. The Labute approximate surface area is 123 Å². The minimum Gasteiger partial charge on any atom is -0.497 e.